The van der Waals surface area contributed by atoms with Gasteiger partial charge < -0.3 is 13.8 Å². The molecule has 0 heterocycles. The number of thioether (sulfide) groups is 1. The zero-order valence-corrected chi connectivity index (χ0v) is 14.9. The molecule has 0 radical (unpaired) electrons. The highest BCUT2D eigenvalue weighted by Crippen LogP contribution is 2.07. The van der Waals surface area contributed by atoms with Crippen LogP contribution in [0, 0.1) is 0 Å². The van der Waals surface area contributed by atoms with E-state index in [-0.39, 0.29) is 0 Å². The first-order valence-electron chi connectivity index (χ1n) is 6.24. The Morgan fingerprint density at radius 2 is 1.53 bits per heavy atom. The molecule has 17 heavy (non-hydrogen) atoms. The zero-order chi connectivity index (χ0) is 13.5. The zero-order valence-electron chi connectivity index (χ0n) is 11.8. The highest BCUT2D eigenvalue weighted by atomic mass is 32.2. The fourth-order valence-corrected chi connectivity index (χ4v) is 2.67. The summed E-state index contributed by atoms with van der Waals surface area (Å²) in [6.45, 7) is 14.0. The number of hydrogen-bond donors (Lipinski definition) is 0. The van der Waals surface area contributed by atoms with Crippen LogP contribution in [0.4, 0.5) is 0 Å². The van der Waals surface area contributed by atoms with E-state index in [2.05, 4.69) is 25.7 Å². The second-order valence-corrected chi connectivity index (χ2v) is 5.92. The van der Waals surface area contributed by atoms with Crippen LogP contribution in [0.15, 0.2) is 0 Å². The molecule has 0 aromatic carbocycles. The summed E-state index contributed by atoms with van der Waals surface area (Å²) in [6.07, 6.45) is 0. The van der Waals surface area contributed by atoms with E-state index >= 15 is 0 Å². The van der Waals surface area contributed by atoms with Crippen molar-refractivity contribution in [3.63, 3.8) is 0 Å². The second kappa shape index (κ2) is 16.4. The number of hydrogen-bond acceptors (Lipinski definition) is 4. The van der Waals surface area contributed by atoms with Crippen LogP contribution in [0.5, 0.6) is 0 Å². The molecule has 6 heteroatoms. The van der Waals surface area contributed by atoms with E-state index in [1.807, 2.05) is 13.8 Å². The van der Waals surface area contributed by atoms with Gasteiger partial charge >= 0.3 is 10.0 Å². The Hall–Kier alpha value is 0.377. The van der Waals surface area contributed by atoms with E-state index in [0.29, 0.717) is 0 Å². The molecule has 3 nitrogen and oxygen atoms in total. The minimum absolute atomic E-state index is 0.589. The van der Waals surface area contributed by atoms with Crippen molar-refractivity contribution >= 4 is 38.3 Å². The van der Waals surface area contributed by atoms with E-state index < -0.39 is 10.0 Å². The maximum absolute atomic E-state index is 5.16. The molecule has 0 N–H and O–H groups in total. The van der Waals surface area contributed by atoms with Gasteiger partial charge in [-0.25, -0.2) is 0 Å². The summed E-state index contributed by atoms with van der Waals surface area (Å²) in [7, 11) is -0.589. The first-order chi connectivity index (χ1) is 8.17. The van der Waals surface area contributed by atoms with Crippen molar-refractivity contribution in [3.8, 4) is 0 Å². The van der Waals surface area contributed by atoms with Gasteiger partial charge in [-0.2, -0.15) is 0 Å². The van der Waals surface area contributed by atoms with Crippen molar-refractivity contribution in [1.82, 2.24) is 4.90 Å². The predicted molar refractivity (Wildman–Crippen MR) is 85.4 cm³/mol. The standard InChI is InChI=1S/C7H15NS2.C4H12O2Si/c1-4-8(5-2)7(9)10-6-3;1-3-5-7-6-4-2/h4-6H2,1-3H3;3-4,7H2,1-2H3. The van der Waals surface area contributed by atoms with Gasteiger partial charge in [0.15, 0.2) is 0 Å². The van der Waals surface area contributed by atoms with Gasteiger partial charge in [0.1, 0.15) is 4.32 Å². The Labute approximate surface area is 119 Å². The molecule has 0 aliphatic heterocycles. The molecule has 0 aromatic heterocycles. The Bertz CT molecular complexity index is 166. The highest BCUT2D eigenvalue weighted by Gasteiger charge is 2.02. The molecule has 0 bridgehead atoms. The van der Waals surface area contributed by atoms with Crippen molar-refractivity contribution in [1.29, 1.82) is 0 Å². The van der Waals surface area contributed by atoms with Gasteiger partial charge in [0.25, 0.3) is 0 Å². The predicted octanol–water partition coefficient (Wildman–Crippen LogP) is 2.42. The maximum atomic E-state index is 5.16. The van der Waals surface area contributed by atoms with Crippen LogP contribution in [0.1, 0.15) is 34.6 Å². The van der Waals surface area contributed by atoms with Crippen LogP contribution in [0.25, 0.3) is 0 Å². The summed E-state index contributed by atoms with van der Waals surface area (Å²) >= 11 is 6.91. The fourth-order valence-electron chi connectivity index (χ4n) is 0.922. The van der Waals surface area contributed by atoms with Crippen LogP contribution < -0.4 is 0 Å². The summed E-state index contributed by atoms with van der Waals surface area (Å²) in [4.78, 5) is 2.20. The Morgan fingerprint density at radius 3 is 1.82 bits per heavy atom. The molecule has 0 atom stereocenters. The molecule has 0 saturated carbocycles. The minimum Gasteiger partial charge on any atom is -0.399 e. The number of rotatable bonds is 7. The molecule has 104 valence electrons. The van der Waals surface area contributed by atoms with E-state index in [1.165, 1.54) is 0 Å². The smallest absolute Gasteiger partial charge is 0.304 e. The van der Waals surface area contributed by atoms with Crippen molar-refractivity contribution in [2.24, 2.45) is 0 Å². The van der Waals surface area contributed by atoms with Crippen molar-refractivity contribution in [2.75, 3.05) is 32.1 Å². The van der Waals surface area contributed by atoms with Gasteiger partial charge in [0, 0.05) is 26.3 Å². The van der Waals surface area contributed by atoms with Crippen LogP contribution in [-0.2, 0) is 8.85 Å². The highest BCUT2D eigenvalue weighted by molar-refractivity contribution is 8.22. The van der Waals surface area contributed by atoms with Gasteiger partial charge in [-0.15, -0.1) is 0 Å². The normalized spacial score (nSPS) is 9.47. The molecular formula is C11H27NO2S2Si. The SMILES string of the molecule is CCO[SiH2]OCC.CCSC(=S)N(CC)CC. The first-order valence-corrected chi connectivity index (χ1v) is 8.79. The number of thiocarbonyl (C=S) groups is 1. The Balaban J connectivity index is 0. The lowest BCUT2D eigenvalue weighted by Crippen LogP contribution is -2.26. The molecule has 0 aliphatic carbocycles. The van der Waals surface area contributed by atoms with Gasteiger partial charge in [-0.1, -0.05) is 30.9 Å². The third kappa shape index (κ3) is 14.3. The van der Waals surface area contributed by atoms with Crippen LogP contribution in [0.3, 0.4) is 0 Å². The molecule has 0 spiro atoms. The topological polar surface area (TPSA) is 21.7 Å². The van der Waals surface area contributed by atoms with Gasteiger partial charge in [0.2, 0.25) is 0 Å². The molecule has 0 aliphatic rings. The van der Waals surface area contributed by atoms with Crippen LogP contribution in [0.2, 0.25) is 0 Å². The lowest BCUT2D eigenvalue weighted by atomic mass is 10.6. The summed E-state index contributed by atoms with van der Waals surface area (Å²) in [5.74, 6) is 1.08. The van der Waals surface area contributed by atoms with E-state index in [9.17, 15) is 0 Å². The number of nitrogens with zero attached hydrogens (tertiary/aromatic N) is 1. The van der Waals surface area contributed by atoms with Gasteiger partial charge in [0.05, 0.1) is 0 Å². The van der Waals surface area contributed by atoms with E-state index in [4.69, 9.17) is 21.1 Å². The summed E-state index contributed by atoms with van der Waals surface area (Å²) in [6, 6.07) is 0. The summed E-state index contributed by atoms with van der Waals surface area (Å²) in [5.41, 5.74) is 0. The molecular weight excluding hydrogens is 270 g/mol. The maximum Gasteiger partial charge on any atom is 0.304 e. The fraction of sp³-hybridized carbons (Fsp3) is 0.909. The van der Waals surface area contributed by atoms with Crippen molar-refractivity contribution in [2.45, 2.75) is 34.6 Å². The summed E-state index contributed by atoms with van der Waals surface area (Å²) in [5, 5.41) is 0. The third-order valence-corrected chi connectivity index (χ3v) is 4.42. The average Bonchev–Trinajstić information content (AvgIpc) is 2.32. The summed E-state index contributed by atoms with van der Waals surface area (Å²) < 4.78 is 11.0. The quantitative estimate of drug-likeness (QED) is 0.408. The Morgan fingerprint density at radius 1 is 1.06 bits per heavy atom. The van der Waals surface area contributed by atoms with Crippen LogP contribution >= 0.6 is 24.0 Å². The van der Waals surface area contributed by atoms with Gasteiger partial charge in [-0.3, -0.25) is 0 Å². The molecule has 0 saturated heterocycles. The molecule has 0 fully saturated rings. The van der Waals surface area contributed by atoms with Gasteiger partial charge in [-0.05, 0) is 33.4 Å². The average molecular weight is 298 g/mol. The minimum atomic E-state index is -0.589. The lowest BCUT2D eigenvalue weighted by molar-refractivity contribution is 0.240. The van der Waals surface area contributed by atoms with Crippen molar-refractivity contribution < 1.29 is 8.85 Å². The second-order valence-electron chi connectivity index (χ2n) is 2.97. The Kier molecular flexibility index (Phi) is 19.0. The van der Waals surface area contributed by atoms with E-state index in [0.717, 1.165) is 36.4 Å². The third-order valence-electron chi connectivity index (χ3n) is 1.86. The van der Waals surface area contributed by atoms with Crippen molar-refractivity contribution in [3.05, 3.63) is 0 Å². The monoisotopic (exact) mass is 297 g/mol. The largest absolute Gasteiger partial charge is 0.399 e. The van der Waals surface area contributed by atoms with E-state index in [1.54, 1.807) is 11.8 Å². The molecule has 0 unspecified atom stereocenters. The lowest BCUT2D eigenvalue weighted by Gasteiger charge is -2.20. The molecule has 0 amide bonds. The molecule has 0 rings (SSSR count). The van der Waals surface area contributed by atoms with Crippen LogP contribution in [-0.4, -0.2) is 51.3 Å². The molecule has 0 aromatic rings. The first kappa shape index (κ1) is 19.7.